The minimum atomic E-state index is -4.38. The van der Waals surface area contributed by atoms with Gasteiger partial charge in [0.2, 0.25) is 0 Å². The molecule has 2 aromatic rings. The molecule has 0 N–H and O–H groups in total. The van der Waals surface area contributed by atoms with Gasteiger partial charge in [-0.05, 0) is 25.2 Å². The average molecular weight is 369 g/mol. The molecule has 25 heavy (non-hydrogen) atoms. The van der Waals surface area contributed by atoms with Crippen molar-refractivity contribution in [3.63, 3.8) is 0 Å². The summed E-state index contributed by atoms with van der Waals surface area (Å²) in [6.45, 7) is 1.80. The first-order chi connectivity index (χ1) is 11.8. The topological polar surface area (TPSA) is 38.1 Å². The van der Waals surface area contributed by atoms with E-state index in [0.717, 1.165) is 11.1 Å². The van der Waals surface area contributed by atoms with E-state index in [2.05, 4.69) is 4.98 Å². The summed E-state index contributed by atoms with van der Waals surface area (Å²) in [7, 11) is 1.88. The molecule has 0 saturated carbocycles. The second kappa shape index (κ2) is 7.21. The fourth-order valence-electron chi connectivity index (χ4n) is 2.92. The van der Waals surface area contributed by atoms with Crippen molar-refractivity contribution in [1.82, 2.24) is 14.5 Å². The van der Waals surface area contributed by atoms with Crippen molar-refractivity contribution in [3.05, 3.63) is 58.1 Å². The average Bonchev–Trinajstić information content (AvgIpc) is 2.96. The van der Waals surface area contributed by atoms with E-state index >= 15 is 0 Å². The second-order valence-electron chi connectivity index (χ2n) is 6.06. The Morgan fingerprint density at radius 3 is 2.84 bits per heavy atom. The van der Waals surface area contributed by atoms with Crippen molar-refractivity contribution in [3.8, 4) is 0 Å². The zero-order chi connectivity index (χ0) is 18.0. The third-order valence-electron chi connectivity index (χ3n) is 4.12. The Kier molecular flexibility index (Phi) is 5.19. The Labute approximate surface area is 147 Å². The summed E-state index contributed by atoms with van der Waals surface area (Å²) in [5.74, 6) is 0. The van der Waals surface area contributed by atoms with Crippen LogP contribution in [0.5, 0.6) is 0 Å². The van der Waals surface area contributed by atoms with E-state index in [-0.39, 0.29) is 22.9 Å². The van der Waals surface area contributed by atoms with Gasteiger partial charge in [0, 0.05) is 43.6 Å². The molecule has 1 aliphatic heterocycles. The van der Waals surface area contributed by atoms with Gasteiger partial charge < -0.3 is 9.47 Å². The molecule has 0 radical (unpaired) electrons. The minimum Gasteiger partial charge on any atom is -0.305 e. The molecule has 134 valence electrons. The lowest BCUT2D eigenvalue weighted by atomic mass is 10.1. The number of hydrogen-bond acceptors (Lipinski definition) is 4. The first kappa shape index (κ1) is 18.0. The minimum absolute atomic E-state index is 0.0153. The van der Waals surface area contributed by atoms with E-state index in [9.17, 15) is 18.0 Å². The lowest BCUT2D eigenvalue weighted by Gasteiger charge is -2.20. The van der Waals surface area contributed by atoms with E-state index in [0.29, 0.717) is 19.6 Å². The molecule has 3 rings (SSSR count). The highest BCUT2D eigenvalue weighted by Gasteiger charge is 2.33. The van der Waals surface area contributed by atoms with E-state index in [4.69, 9.17) is 0 Å². The standard InChI is InChI=1S/C17H18F3N3OS/c1-22(9-7-14-13(17(18,19)20)4-3-8-21-14)10-12-11-23-15(24)5-2-6-16(23)25-12/h2-6,8,12H,7,9-11H2,1H3. The first-order valence-corrected chi connectivity index (χ1v) is 8.78. The van der Waals surface area contributed by atoms with Gasteiger partial charge in [-0.15, -0.1) is 11.8 Å². The number of fused-ring (bicyclic) bond motifs is 1. The van der Waals surface area contributed by atoms with Crippen LogP contribution in [-0.2, 0) is 19.1 Å². The van der Waals surface area contributed by atoms with E-state index < -0.39 is 11.7 Å². The van der Waals surface area contributed by atoms with Gasteiger partial charge in [0.15, 0.2) is 0 Å². The lowest BCUT2D eigenvalue weighted by Crippen LogP contribution is -2.31. The Morgan fingerprint density at radius 1 is 1.32 bits per heavy atom. The van der Waals surface area contributed by atoms with Gasteiger partial charge in [-0.2, -0.15) is 13.2 Å². The summed E-state index contributed by atoms with van der Waals surface area (Å²) in [5.41, 5.74) is -0.614. The molecular formula is C17H18F3N3OS. The van der Waals surface area contributed by atoms with Crippen LogP contribution in [0.15, 0.2) is 46.3 Å². The van der Waals surface area contributed by atoms with Gasteiger partial charge >= 0.3 is 6.18 Å². The molecule has 1 aliphatic rings. The number of alkyl halides is 3. The van der Waals surface area contributed by atoms with Crippen LogP contribution in [0.2, 0.25) is 0 Å². The van der Waals surface area contributed by atoms with Crippen molar-refractivity contribution in [2.24, 2.45) is 0 Å². The zero-order valence-electron chi connectivity index (χ0n) is 13.7. The summed E-state index contributed by atoms with van der Waals surface area (Å²) in [6.07, 6.45) is -2.76. The molecule has 0 amide bonds. The third kappa shape index (κ3) is 4.24. The highest BCUT2D eigenvalue weighted by atomic mass is 32.2. The van der Waals surface area contributed by atoms with Crippen molar-refractivity contribution >= 4 is 11.8 Å². The third-order valence-corrected chi connectivity index (χ3v) is 5.35. The molecule has 2 aromatic heterocycles. The summed E-state index contributed by atoms with van der Waals surface area (Å²) >= 11 is 1.63. The number of likely N-dealkylation sites (N-methyl/N-ethyl adjacent to an activating group) is 1. The molecule has 1 unspecified atom stereocenters. The number of rotatable bonds is 5. The number of aromatic nitrogens is 2. The van der Waals surface area contributed by atoms with E-state index in [1.54, 1.807) is 22.4 Å². The fourth-order valence-corrected chi connectivity index (χ4v) is 4.26. The smallest absolute Gasteiger partial charge is 0.305 e. The predicted molar refractivity (Wildman–Crippen MR) is 90.8 cm³/mol. The van der Waals surface area contributed by atoms with Crippen LogP contribution in [0.3, 0.4) is 0 Å². The van der Waals surface area contributed by atoms with Crippen molar-refractivity contribution in [2.75, 3.05) is 20.1 Å². The highest BCUT2D eigenvalue weighted by molar-refractivity contribution is 8.00. The molecule has 4 nitrogen and oxygen atoms in total. The predicted octanol–water partition coefficient (Wildman–Crippen LogP) is 2.91. The maximum atomic E-state index is 13.0. The van der Waals surface area contributed by atoms with Gasteiger partial charge in [-0.1, -0.05) is 6.07 Å². The largest absolute Gasteiger partial charge is 0.418 e. The summed E-state index contributed by atoms with van der Waals surface area (Å²) in [4.78, 5) is 17.7. The lowest BCUT2D eigenvalue weighted by molar-refractivity contribution is -0.138. The number of pyridine rings is 2. The molecule has 1 atom stereocenters. The molecule has 0 bridgehead atoms. The SMILES string of the molecule is CN(CCc1ncccc1C(F)(F)F)CC1Cn2c(cccc2=O)S1. The van der Waals surface area contributed by atoms with Gasteiger partial charge in [0.1, 0.15) is 0 Å². The first-order valence-electron chi connectivity index (χ1n) is 7.91. The summed E-state index contributed by atoms with van der Waals surface area (Å²) in [6, 6.07) is 7.57. The quantitative estimate of drug-likeness (QED) is 0.812. The van der Waals surface area contributed by atoms with E-state index in [1.807, 2.05) is 18.0 Å². The van der Waals surface area contributed by atoms with Crippen LogP contribution in [0, 0.1) is 0 Å². The Morgan fingerprint density at radius 2 is 2.12 bits per heavy atom. The Bertz CT molecular complexity index is 806. The Balaban J connectivity index is 1.58. The molecule has 0 spiro atoms. The van der Waals surface area contributed by atoms with Crippen molar-refractivity contribution in [2.45, 2.75) is 29.4 Å². The number of nitrogens with zero attached hydrogens (tertiary/aromatic N) is 3. The maximum absolute atomic E-state index is 13.0. The molecule has 8 heteroatoms. The van der Waals surface area contributed by atoms with Crippen LogP contribution in [0.4, 0.5) is 13.2 Å². The van der Waals surface area contributed by atoms with Gasteiger partial charge in [0.25, 0.3) is 5.56 Å². The fraction of sp³-hybridized carbons (Fsp3) is 0.412. The molecule has 0 aromatic carbocycles. The molecular weight excluding hydrogens is 351 g/mol. The van der Waals surface area contributed by atoms with Crippen molar-refractivity contribution < 1.29 is 13.2 Å². The molecule has 3 heterocycles. The van der Waals surface area contributed by atoms with Crippen LogP contribution < -0.4 is 5.56 Å². The van der Waals surface area contributed by atoms with Crippen LogP contribution in [0.25, 0.3) is 0 Å². The van der Waals surface area contributed by atoms with Crippen molar-refractivity contribution in [1.29, 1.82) is 0 Å². The number of halogens is 3. The monoisotopic (exact) mass is 369 g/mol. The molecule has 0 saturated heterocycles. The van der Waals surface area contributed by atoms with Crippen LogP contribution in [0.1, 0.15) is 11.3 Å². The molecule has 0 aliphatic carbocycles. The van der Waals surface area contributed by atoms with E-state index in [1.165, 1.54) is 18.3 Å². The number of thioether (sulfide) groups is 1. The Hall–Kier alpha value is -1.80. The van der Waals surface area contributed by atoms with Gasteiger partial charge in [-0.25, -0.2) is 0 Å². The van der Waals surface area contributed by atoms with Gasteiger partial charge in [0.05, 0.1) is 16.3 Å². The number of hydrogen-bond donors (Lipinski definition) is 0. The van der Waals surface area contributed by atoms with Crippen LogP contribution >= 0.6 is 11.8 Å². The summed E-state index contributed by atoms with van der Waals surface area (Å²) < 4.78 is 40.7. The summed E-state index contributed by atoms with van der Waals surface area (Å²) in [5, 5.41) is 1.15. The zero-order valence-corrected chi connectivity index (χ0v) is 14.5. The molecule has 0 fully saturated rings. The van der Waals surface area contributed by atoms with Crippen LogP contribution in [-0.4, -0.2) is 39.8 Å². The normalized spacial score (nSPS) is 17.1. The second-order valence-corrected chi connectivity index (χ2v) is 7.38. The maximum Gasteiger partial charge on any atom is 0.418 e. The van der Waals surface area contributed by atoms with Gasteiger partial charge in [-0.3, -0.25) is 9.78 Å². The highest BCUT2D eigenvalue weighted by Crippen LogP contribution is 2.32.